The molecule has 0 aromatic heterocycles. The van der Waals surface area contributed by atoms with E-state index in [0.717, 1.165) is 12.8 Å². The van der Waals surface area contributed by atoms with Gasteiger partial charge in [-0.2, -0.15) is 0 Å². The van der Waals surface area contributed by atoms with Crippen LogP contribution in [0.2, 0.25) is 0 Å². The Hall–Kier alpha value is -1.10. The van der Waals surface area contributed by atoms with Crippen molar-refractivity contribution >= 4 is 11.9 Å². The van der Waals surface area contributed by atoms with Crippen molar-refractivity contribution < 1.29 is 19.4 Å². The topological polar surface area (TPSA) is 75.6 Å². The number of hydrogen-bond donors (Lipinski definition) is 2. The summed E-state index contributed by atoms with van der Waals surface area (Å²) in [6.45, 7) is 2.80. The fourth-order valence-corrected chi connectivity index (χ4v) is 1.34. The van der Waals surface area contributed by atoms with Crippen LogP contribution in [0.5, 0.6) is 0 Å². The number of carbonyl (C=O) groups excluding carboxylic acids is 1. The molecule has 0 heterocycles. The Bertz CT molecular complexity index is 269. The number of hydrogen-bond acceptors (Lipinski definition) is 3. The summed E-state index contributed by atoms with van der Waals surface area (Å²) < 4.78 is 5.06. The normalized spacial score (nSPS) is 25.5. The molecule has 2 N–H and O–H groups in total. The summed E-state index contributed by atoms with van der Waals surface area (Å²) >= 11 is 0. The summed E-state index contributed by atoms with van der Waals surface area (Å²) in [5.41, 5.74) is -1.36. The van der Waals surface area contributed by atoms with Crippen LogP contribution >= 0.6 is 0 Å². The van der Waals surface area contributed by atoms with Gasteiger partial charge in [0, 0.05) is 13.2 Å². The van der Waals surface area contributed by atoms with E-state index in [1.165, 1.54) is 13.8 Å². The second-order valence-electron chi connectivity index (χ2n) is 4.43. The molecule has 1 aliphatic carbocycles. The average molecular weight is 215 g/mol. The van der Waals surface area contributed by atoms with Crippen molar-refractivity contribution in [3.05, 3.63) is 0 Å². The van der Waals surface area contributed by atoms with Crippen LogP contribution in [0.1, 0.15) is 26.7 Å². The maximum Gasteiger partial charge on any atom is 0.318 e. The average Bonchev–Trinajstić information content (AvgIpc) is 2.09. The molecule has 0 saturated heterocycles. The number of rotatable bonds is 4. The van der Waals surface area contributed by atoms with Gasteiger partial charge in [0.2, 0.25) is 5.91 Å². The minimum Gasteiger partial charge on any atom is -0.480 e. The zero-order valence-electron chi connectivity index (χ0n) is 9.24. The Morgan fingerprint density at radius 2 is 1.93 bits per heavy atom. The third-order valence-electron chi connectivity index (χ3n) is 2.87. The van der Waals surface area contributed by atoms with E-state index in [4.69, 9.17) is 9.84 Å². The first-order valence-electron chi connectivity index (χ1n) is 4.95. The molecule has 0 bridgehead atoms. The maximum absolute atomic E-state index is 11.6. The van der Waals surface area contributed by atoms with E-state index in [-0.39, 0.29) is 12.1 Å². The summed E-state index contributed by atoms with van der Waals surface area (Å²) in [6, 6.07) is 0.0566. The number of carbonyl (C=O) groups is 2. The Morgan fingerprint density at radius 1 is 1.40 bits per heavy atom. The van der Waals surface area contributed by atoms with Crippen molar-refractivity contribution in [2.45, 2.75) is 38.8 Å². The fourth-order valence-electron chi connectivity index (χ4n) is 1.34. The lowest BCUT2D eigenvalue weighted by molar-refractivity contribution is -0.154. The highest BCUT2D eigenvalue weighted by Crippen LogP contribution is 2.24. The third-order valence-corrected chi connectivity index (χ3v) is 2.87. The van der Waals surface area contributed by atoms with Crippen molar-refractivity contribution in [1.82, 2.24) is 5.32 Å². The second-order valence-corrected chi connectivity index (χ2v) is 4.43. The second kappa shape index (κ2) is 4.18. The van der Waals surface area contributed by atoms with Gasteiger partial charge in [-0.25, -0.2) is 0 Å². The van der Waals surface area contributed by atoms with Crippen molar-refractivity contribution in [3.8, 4) is 0 Å². The van der Waals surface area contributed by atoms with Gasteiger partial charge in [-0.3, -0.25) is 9.59 Å². The van der Waals surface area contributed by atoms with Gasteiger partial charge < -0.3 is 15.2 Å². The van der Waals surface area contributed by atoms with E-state index in [1.54, 1.807) is 7.11 Å². The molecule has 5 nitrogen and oxygen atoms in total. The van der Waals surface area contributed by atoms with Gasteiger partial charge >= 0.3 is 5.97 Å². The molecule has 1 saturated carbocycles. The summed E-state index contributed by atoms with van der Waals surface area (Å²) in [4.78, 5) is 22.4. The first-order chi connectivity index (χ1) is 6.87. The molecule has 0 aromatic carbocycles. The molecule has 5 heteroatoms. The van der Waals surface area contributed by atoms with Gasteiger partial charge in [0.25, 0.3) is 0 Å². The van der Waals surface area contributed by atoms with Gasteiger partial charge in [0.05, 0.1) is 6.10 Å². The molecular formula is C10H17NO4. The molecule has 0 spiro atoms. The number of carboxylic acid groups (broad SMARTS) is 1. The quantitative estimate of drug-likeness (QED) is 0.665. The van der Waals surface area contributed by atoms with E-state index >= 15 is 0 Å². The smallest absolute Gasteiger partial charge is 0.318 e. The lowest BCUT2D eigenvalue weighted by atomic mass is 9.86. The molecule has 0 aliphatic heterocycles. The first kappa shape index (κ1) is 12.0. The Balaban J connectivity index is 2.41. The predicted octanol–water partition coefficient (Wildman–Crippen LogP) is 0.391. The largest absolute Gasteiger partial charge is 0.480 e. The molecule has 1 rings (SSSR count). The molecule has 0 unspecified atom stereocenters. The van der Waals surface area contributed by atoms with Crippen molar-refractivity contribution in [2.24, 2.45) is 5.41 Å². The van der Waals surface area contributed by atoms with Gasteiger partial charge in [0.15, 0.2) is 0 Å². The van der Waals surface area contributed by atoms with E-state index in [1.807, 2.05) is 0 Å². The van der Waals surface area contributed by atoms with Crippen LogP contribution in [0.3, 0.4) is 0 Å². The molecular weight excluding hydrogens is 198 g/mol. The van der Waals surface area contributed by atoms with Gasteiger partial charge in [-0.1, -0.05) is 0 Å². The van der Waals surface area contributed by atoms with Crippen LogP contribution in [-0.4, -0.2) is 36.2 Å². The minimum atomic E-state index is -1.36. The minimum absolute atomic E-state index is 0.0566. The maximum atomic E-state index is 11.6. The lowest BCUT2D eigenvalue weighted by Crippen LogP contribution is -2.52. The third kappa shape index (κ3) is 2.47. The van der Waals surface area contributed by atoms with Gasteiger partial charge in [-0.05, 0) is 26.7 Å². The number of nitrogens with one attached hydrogen (secondary N) is 1. The molecule has 1 fully saturated rings. The van der Waals surface area contributed by atoms with Crippen LogP contribution in [0, 0.1) is 5.41 Å². The van der Waals surface area contributed by atoms with E-state index in [0.29, 0.717) is 0 Å². The monoisotopic (exact) mass is 215 g/mol. The summed E-state index contributed by atoms with van der Waals surface area (Å²) in [5, 5.41) is 11.5. The van der Waals surface area contributed by atoms with Crippen LogP contribution in [0.15, 0.2) is 0 Å². The molecule has 86 valence electrons. The zero-order valence-corrected chi connectivity index (χ0v) is 9.24. The van der Waals surface area contributed by atoms with Crippen LogP contribution in [0.25, 0.3) is 0 Å². The highest BCUT2D eigenvalue weighted by Gasteiger charge is 2.39. The predicted molar refractivity (Wildman–Crippen MR) is 53.4 cm³/mol. The number of amides is 1. The molecule has 0 aromatic rings. The summed E-state index contributed by atoms with van der Waals surface area (Å²) in [6.07, 6.45) is 1.72. The first-order valence-corrected chi connectivity index (χ1v) is 4.95. The Morgan fingerprint density at radius 3 is 2.33 bits per heavy atom. The molecule has 1 aliphatic rings. The Kier molecular flexibility index (Phi) is 3.34. The molecule has 1 amide bonds. The van der Waals surface area contributed by atoms with Crippen LogP contribution in [0.4, 0.5) is 0 Å². The zero-order chi connectivity index (χ0) is 11.6. The summed E-state index contributed by atoms with van der Waals surface area (Å²) in [5.74, 6) is -1.54. The summed E-state index contributed by atoms with van der Waals surface area (Å²) in [7, 11) is 1.63. The standard InChI is InChI=1S/C10H17NO4/c1-10(2,9(13)14)8(12)11-6-4-7(5-6)15-3/h6-7H,4-5H2,1-3H3,(H,11,12)(H,13,14). The van der Waals surface area contributed by atoms with E-state index < -0.39 is 17.3 Å². The SMILES string of the molecule is COC1CC(NC(=O)C(C)(C)C(=O)O)C1. The Labute approximate surface area is 88.8 Å². The molecule has 0 atom stereocenters. The van der Waals surface area contributed by atoms with Crippen LogP contribution < -0.4 is 5.32 Å². The lowest BCUT2D eigenvalue weighted by Gasteiger charge is -2.36. The van der Waals surface area contributed by atoms with Crippen molar-refractivity contribution in [1.29, 1.82) is 0 Å². The highest BCUT2D eigenvalue weighted by molar-refractivity contribution is 6.01. The van der Waals surface area contributed by atoms with Crippen molar-refractivity contribution in [3.63, 3.8) is 0 Å². The number of methoxy groups -OCH3 is 1. The number of carboxylic acids is 1. The van der Waals surface area contributed by atoms with Crippen molar-refractivity contribution in [2.75, 3.05) is 7.11 Å². The molecule has 0 radical (unpaired) electrons. The van der Waals surface area contributed by atoms with Gasteiger partial charge in [-0.15, -0.1) is 0 Å². The van der Waals surface area contributed by atoms with Crippen LogP contribution in [-0.2, 0) is 14.3 Å². The van der Waals surface area contributed by atoms with E-state index in [2.05, 4.69) is 5.32 Å². The highest BCUT2D eigenvalue weighted by atomic mass is 16.5. The number of aliphatic carboxylic acids is 1. The molecule has 15 heavy (non-hydrogen) atoms. The number of ether oxygens (including phenoxy) is 1. The fraction of sp³-hybridized carbons (Fsp3) is 0.800. The van der Waals surface area contributed by atoms with E-state index in [9.17, 15) is 9.59 Å². The van der Waals surface area contributed by atoms with Gasteiger partial charge in [0.1, 0.15) is 5.41 Å².